The summed E-state index contributed by atoms with van der Waals surface area (Å²) in [6, 6.07) is 3.53. The Morgan fingerprint density at radius 1 is 1.65 bits per heavy atom. The van der Waals surface area contributed by atoms with E-state index in [1.165, 1.54) is 6.20 Å². The highest BCUT2D eigenvalue weighted by Crippen LogP contribution is 2.28. The molecule has 0 radical (unpaired) electrons. The van der Waals surface area contributed by atoms with Crippen LogP contribution in [0.5, 0.6) is 0 Å². The van der Waals surface area contributed by atoms with Crippen LogP contribution >= 0.6 is 0 Å². The van der Waals surface area contributed by atoms with E-state index < -0.39 is 0 Å². The fourth-order valence-electron chi connectivity index (χ4n) is 1.75. The van der Waals surface area contributed by atoms with Gasteiger partial charge in [-0.1, -0.05) is 0 Å². The molecule has 1 amide bonds. The summed E-state index contributed by atoms with van der Waals surface area (Å²) in [6.07, 6.45) is 3.56. The van der Waals surface area contributed by atoms with E-state index in [1.807, 2.05) is 0 Å². The van der Waals surface area contributed by atoms with Crippen molar-refractivity contribution in [2.75, 3.05) is 18.6 Å². The number of hydrogen-bond donors (Lipinski definition) is 3. The third kappa shape index (κ3) is 2.72. The summed E-state index contributed by atoms with van der Waals surface area (Å²) in [4.78, 5) is 17.9. The molecule has 2 rings (SSSR count). The zero-order valence-electron chi connectivity index (χ0n) is 9.47. The second kappa shape index (κ2) is 5.11. The molecule has 1 aromatic rings. The highest BCUT2D eigenvalue weighted by atomic mass is 16.3. The maximum absolute atomic E-state index is 12.2. The van der Waals surface area contributed by atoms with Gasteiger partial charge >= 0.3 is 0 Å². The fraction of sp³-hybridized carbons (Fsp3) is 0.455. The minimum absolute atomic E-state index is 0.0185. The molecule has 0 aromatic carbocycles. The summed E-state index contributed by atoms with van der Waals surface area (Å²) < 4.78 is 0. The van der Waals surface area contributed by atoms with E-state index in [9.17, 15) is 4.79 Å². The van der Waals surface area contributed by atoms with Crippen molar-refractivity contribution < 1.29 is 9.90 Å². The van der Waals surface area contributed by atoms with Gasteiger partial charge in [0.1, 0.15) is 5.82 Å². The standard InChI is InChI=1S/C11H16N4O2/c12-14-10-7-8(3-4-13-10)11(17)15(5-6-16)9-1-2-9/h3-4,7,9,16H,1-2,5-6,12H2,(H,13,14). The van der Waals surface area contributed by atoms with Gasteiger partial charge in [0.25, 0.3) is 5.91 Å². The molecule has 1 saturated carbocycles. The number of rotatable bonds is 5. The topological polar surface area (TPSA) is 91.5 Å². The van der Waals surface area contributed by atoms with Crippen LogP contribution in [0.4, 0.5) is 5.82 Å². The fourth-order valence-corrected chi connectivity index (χ4v) is 1.75. The van der Waals surface area contributed by atoms with Gasteiger partial charge in [-0.05, 0) is 25.0 Å². The lowest BCUT2D eigenvalue weighted by Gasteiger charge is -2.21. The molecule has 6 heteroatoms. The first-order valence-corrected chi connectivity index (χ1v) is 5.60. The molecule has 1 aliphatic rings. The molecule has 1 aliphatic carbocycles. The van der Waals surface area contributed by atoms with E-state index in [2.05, 4.69) is 10.4 Å². The maximum atomic E-state index is 12.2. The molecule has 1 aromatic heterocycles. The quantitative estimate of drug-likeness (QED) is 0.493. The number of nitrogens with two attached hydrogens (primary N) is 1. The summed E-state index contributed by atoms with van der Waals surface area (Å²) in [6.45, 7) is 0.354. The first-order valence-electron chi connectivity index (χ1n) is 5.60. The molecule has 6 nitrogen and oxygen atoms in total. The lowest BCUT2D eigenvalue weighted by Crippen LogP contribution is -2.35. The highest BCUT2D eigenvalue weighted by molar-refractivity contribution is 5.95. The summed E-state index contributed by atoms with van der Waals surface area (Å²) in [7, 11) is 0. The van der Waals surface area contributed by atoms with Crippen molar-refractivity contribution in [3.8, 4) is 0 Å². The summed E-state index contributed by atoms with van der Waals surface area (Å²) in [5.41, 5.74) is 2.94. The number of aliphatic hydroxyl groups excluding tert-OH is 1. The first kappa shape index (κ1) is 11.8. The van der Waals surface area contributed by atoms with Gasteiger partial charge in [-0.15, -0.1) is 0 Å². The molecular weight excluding hydrogens is 220 g/mol. The van der Waals surface area contributed by atoms with Gasteiger partial charge in [0, 0.05) is 24.3 Å². The van der Waals surface area contributed by atoms with Crippen molar-refractivity contribution in [2.45, 2.75) is 18.9 Å². The van der Waals surface area contributed by atoms with Crippen molar-refractivity contribution in [1.82, 2.24) is 9.88 Å². The van der Waals surface area contributed by atoms with Crippen molar-refractivity contribution in [2.24, 2.45) is 5.84 Å². The molecule has 17 heavy (non-hydrogen) atoms. The maximum Gasteiger partial charge on any atom is 0.254 e. The number of hydrazine groups is 1. The molecule has 0 bridgehead atoms. The molecule has 0 unspecified atom stereocenters. The number of anilines is 1. The van der Waals surface area contributed by atoms with Crippen LogP contribution in [0.2, 0.25) is 0 Å². The van der Waals surface area contributed by atoms with Gasteiger partial charge in [-0.25, -0.2) is 10.8 Å². The monoisotopic (exact) mass is 236 g/mol. The first-order chi connectivity index (χ1) is 8.26. The van der Waals surface area contributed by atoms with Gasteiger partial charge in [0.05, 0.1) is 6.61 Å². The van der Waals surface area contributed by atoms with Gasteiger partial charge < -0.3 is 15.4 Å². The number of nitrogen functional groups attached to an aromatic ring is 1. The number of aromatic nitrogens is 1. The Labute approximate surface area is 99.4 Å². The van der Waals surface area contributed by atoms with Crippen molar-refractivity contribution in [1.29, 1.82) is 0 Å². The van der Waals surface area contributed by atoms with E-state index in [0.717, 1.165) is 12.8 Å². The predicted octanol–water partition coefficient (Wildman–Crippen LogP) is -0.0359. The molecule has 0 spiro atoms. The molecule has 1 fully saturated rings. The Balaban J connectivity index is 2.15. The lowest BCUT2D eigenvalue weighted by molar-refractivity contribution is 0.0707. The number of carbonyl (C=O) groups excluding carboxylic acids is 1. The Morgan fingerprint density at radius 2 is 2.41 bits per heavy atom. The number of amides is 1. The minimum atomic E-state index is -0.0829. The molecule has 1 heterocycles. The van der Waals surface area contributed by atoms with E-state index in [0.29, 0.717) is 17.9 Å². The van der Waals surface area contributed by atoms with E-state index in [4.69, 9.17) is 10.9 Å². The van der Waals surface area contributed by atoms with Crippen LogP contribution in [0, 0.1) is 0 Å². The van der Waals surface area contributed by atoms with Crippen LogP contribution in [0.25, 0.3) is 0 Å². The van der Waals surface area contributed by atoms with Crippen LogP contribution in [0.15, 0.2) is 18.3 Å². The summed E-state index contributed by atoms with van der Waals surface area (Å²) >= 11 is 0. The van der Waals surface area contributed by atoms with Crippen LogP contribution in [-0.4, -0.2) is 40.1 Å². The molecule has 92 valence electrons. The molecule has 4 N–H and O–H groups in total. The molecular formula is C11H16N4O2. The van der Waals surface area contributed by atoms with E-state index in [1.54, 1.807) is 17.0 Å². The van der Waals surface area contributed by atoms with Gasteiger partial charge in [-0.3, -0.25) is 4.79 Å². The molecule has 0 atom stereocenters. The smallest absolute Gasteiger partial charge is 0.254 e. The number of hydrogen-bond acceptors (Lipinski definition) is 5. The zero-order valence-corrected chi connectivity index (χ0v) is 9.47. The lowest BCUT2D eigenvalue weighted by atomic mass is 10.2. The second-order valence-corrected chi connectivity index (χ2v) is 4.03. The third-order valence-corrected chi connectivity index (χ3v) is 2.74. The third-order valence-electron chi connectivity index (χ3n) is 2.74. The van der Waals surface area contributed by atoms with Gasteiger partial charge in [0.15, 0.2) is 0 Å². The largest absolute Gasteiger partial charge is 0.395 e. The molecule has 0 saturated heterocycles. The van der Waals surface area contributed by atoms with Gasteiger partial charge in [-0.2, -0.15) is 0 Å². The Morgan fingerprint density at radius 3 is 3.00 bits per heavy atom. The van der Waals surface area contributed by atoms with Crippen molar-refractivity contribution in [3.63, 3.8) is 0 Å². The molecule has 0 aliphatic heterocycles. The second-order valence-electron chi connectivity index (χ2n) is 4.03. The van der Waals surface area contributed by atoms with Crippen molar-refractivity contribution >= 4 is 11.7 Å². The van der Waals surface area contributed by atoms with E-state index in [-0.39, 0.29) is 18.6 Å². The average molecular weight is 236 g/mol. The van der Waals surface area contributed by atoms with Crippen LogP contribution in [0.3, 0.4) is 0 Å². The van der Waals surface area contributed by atoms with E-state index >= 15 is 0 Å². The van der Waals surface area contributed by atoms with Gasteiger partial charge in [0.2, 0.25) is 0 Å². The minimum Gasteiger partial charge on any atom is -0.395 e. The number of aliphatic hydroxyl groups is 1. The summed E-state index contributed by atoms with van der Waals surface area (Å²) in [5.74, 6) is 5.62. The Kier molecular flexibility index (Phi) is 3.55. The highest BCUT2D eigenvalue weighted by Gasteiger charge is 2.32. The van der Waals surface area contributed by atoms with Crippen LogP contribution < -0.4 is 11.3 Å². The van der Waals surface area contributed by atoms with Crippen LogP contribution in [0.1, 0.15) is 23.2 Å². The number of carbonyl (C=O) groups is 1. The normalized spacial score (nSPS) is 14.5. The average Bonchev–Trinajstić information content (AvgIpc) is 3.19. The Bertz CT molecular complexity index is 406. The summed E-state index contributed by atoms with van der Waals surface area (Å²) in [5, 5.41) is 8.97. The zero-order chi connectivity index (χ0) is 12.3. The number of pyridine rings is 1. The SMILES string of the molecule is NNc1cc(C(=O)N(CCO)C2CC2)ccn1. The van der Waals surface area contributed by atoms with Crippen LogP contribution in [-0.2, 0) is 0 Å². The predicted molar refractivity (Wildman–Crippen MR) is 63.2 cm³/mol. The Hall–Kier alpha value is -1.66. The number of nitrogens with one attached hydrogen (secondary N) is 1. The number of nitrogens with zero attached hydrogens (tertiary/aromatic N) is 2. The van der Waals surface area contributed by atoms with Crippen molar-refractivity contribution in [3.05, 3.63) is 23.9 Å².